The fourth-order valence-electron chi connectivity index (χ4n) is 2.89. The van der Waals surface area contributed by atoms with Gasteiger partial charge in [-0.2, -0.15) is 0 Å². The summed E-state index contributed by atoms with van der Waals surface area (Å²) in [6.07, 6.45) is 1.17. The molecule has 2 nitrogen and oxygen atoms in total. The molecule has 0 spiro atoms. The molecule has 112 valence electrons. The van der Waals surface area contributed by atoms with E-state index in [1.807, 2.05) is 0 Å². The highest BCUT2D eigenvalue weighted by molar-refractivity contribution is 9.10. The molecule has 20 heavy (non-hydrogen) atoms. The highest BCUT2D eigenvalue weighted by Gasteiger charge is 2.34. The molecule has 1 N–H and O–H groups in total. The smallest absolute Gasteiger partial charge is 0.0516 e. The van der Waals surface area contributed by atoms with Crippen molar-refractivity contribution in [3.05, 3.63) is 28.2 Å². The Morgan fingerprint density at radius 1 is 1.35 bits per heavy atom. The molecule has 1 fully saturated rings. The van der Waals surface area contributed by atoms with E-state index in [0.717, 1.165) is 13.1 Å². The maximum Gasteiger partial charge on any atom is 0.0516 e. The first kappa shape index (κ1) is 15.8. The molecule has 0 aromatic heterocycles. The Labute approximate surface area is 132 Å². The van der Waals surface area contributed by atoms with Gasteiger partial charge >= 0.3 is 0 Å². The van der Waals surface area contributed by atoms with Gasteiger partial charge in [0.25, 0.3) is 0 Å². The van der Waals surface area contributed by atoms with Crippen LogP contribution < -0.4 is 10.2 Å². The molecular formula is C17H27BrN2. The van der Waals surface area contributed by atoms with Crippen molar-refractivity contribution in [2.75, 3.05) is 18.0 Å². The zero-order valence-corrected chi connectivity index (χ0v) is 14.9. The topological polar surface area (TPSA) is 15.3 Å². The van der Waals surface area contributed by atoms with E-state index in [9.17, 15) is 0 Å². The van der Waals surface area contributed by atoms with Crippen molar-refractivity contribution in [1.82, 2.24) is 5.32 Å². The first-order valence-corrected chi connectivity index (χ1v) is 8.39. The van der Waals surface area contributed by atoms with Crippen molar-refractivity contribution >= 4 is 21.6 Å². The van der Waals surface area contributed by atoms with Crippen LogP contribution in [0, 0.1) is 12.3 Å². The Morgan fingerprint density at radius 3 is 2.65 bits per heavy atom. The Kier molecular flexibility index (Phi) is 4.80. The average molecular weight is 339 g/mol. The number of nitrogens with one attached hydrogen (secondary N) is 1. The van der Waals surface area contributed by atoms with Crippen molar-refractivity contribution in [2.24, 2.45) is 5.41 Å². The van der Waals surface area contributed by atoms with Crippen LogP contribution in [0.5, 0.6) is 0 Å². The second-order valence-electron chi connectivity index (χ2n) is 6.95. The molecule has 2 rings (SSSR count). The molecule has 0 saturated carbocycles. The second kappa shape index (κ2) is 6.07. The fraction of sp³-hybridized carbons (Fsp3) is 0.647. The third-order valence-corrected chi connectivity index (χ3v) is 5.45. The standard InChI is InChI=1S/C17H27BrN2/c1-6-13-10-19-15(17(3,4)5)11-20(13)14-9-7-8-12(2)16(14)18/h7-9,13,15,19H,6,10-11H2,1-5H3. The summed E-state index contributed by atoms with van der Waals surface area (Å²) >= 11 is 3.78. The van der Waals surface area contributed by atoms with Gasteiger partial charge in [0.2, 0.25) is 0 Å². The summed E-state index contributed by atoms with van der Waals surface area (Å²) in [5, 5.41) is 3.74. The predicted octanol–water partition coefficient (Wildman–Crippen LogP) is 4.36. The molecule has 1 saturated heterocycles. The summed E-state index contributed by atoms with van der Waals surface area (Å²) in [6.45, 7) is 13.5. The number of nitrogens with zero attached hydrogens (tertiary/aromatic N) is 1. The van der Waals surface area contributed by atoms with Crippen LogP contribution in [0.1, 0.15) is 39.7 Å². The number of piperazine rings is 1. The number of hydrogen-bond acceptors (Lipinski definition) is 2. The first-order valence-electron chi connectivity index (χ1n) is 7.59. The summed E-state index contributed by atoms with van der Waals surface area (Å²) in [4.78, 5) is 2.59. The van der Waals surface area contributed by atoms with E-state index in [4.69, 9.17) is 0 Å². The molecule has 0 amide bonds. The average Bonchev–Trinajstić information content (AvgIpc) is 2.40. The minimum Gasteiger partial charge on any atom is -0.365 e. The summed E-state index contributed by atoms with van der Waals surface area (Å²) in [6, 6.07) is 7.67. The summed E-state index contributed by atoms with van der Waals surface area (Å²) in [5.74, 6) is 0. The van der Waals surface area contributed by atoms with Crippen LogP contribution in [0.2, 0.25) is 0 Å². The molecule has 1 aliphatic heterocycles. The molecular weight excluding hydrogens is 312 g/mol. The van der Waals surface area contributed by atoms with Crippen LogP contribution in [0.15, 0.2) is 22.7 Å². The minimum absolute atomic E-state index is 0.285. The molecule has 1 heterocycles. The second-order valence-corrected chi connectivity index (χ2v) is 7.74. The van der Waals surface area contributed by atoms with E-state index < -0.39 is 0 Å². The largest absolute Gasteiger partial charge is 0.365 e. The van der Waals surface area contributed by atoms with Crippen LogP contribution in [0.4, 0.5) is 5.69 Å². The molecule has 0 aliphatic carbocycles. The fourth-order valence-corrected chi connectivity index (χ4v) is 3.38. The maximum absolute atomic E-state index is 3.78. The van der Waals surface area contributed by atoms with Crippen molar-refractivity contribution < 1.29 is 0 Å². The van der Waals surface area contributed by atoms with Crippen LogP contribution in [-0.2, 0) is 0 Å². The quantitative estimate of drug-likeness (QED) is 0.861. The summed E-state index contributed by atoms with van der Waals surface area (Å²) in [5.41, 5.74) is 2.93. The van der Waals surface area contributed by atoms with Gasteiger partial charge < -0.3 is 10.2 Å². The maximum atomic E-state index is 3.78. The molecule has 1 aromatic carbocycles. The van der Waals surface area contributed by atoms with E-state index in [1.165, 1.54) is 22.1 Å². The van der Waals surface area contributed by atoms with Crippen LogP contribution in [0.3, 0.4) is 0 Å². The lowest BCUT2D eigenvalue weighted by molar-refractivity contribution is 0.233. The van der Waals surface area contributed by atoms with Gasteiger partial charge in [0, 0.05) is 29.6 Å². The van der Waals surface area contributed by atoms with Crippen molar-refractivity contribution in [1.29, 1.82) is 0 Å². The zero-order valence-electron chi connectivity index (χ0n) is 13.3. The Bertz CT molecular complexity index is 465. The van der Waals surface area contributed by atoms with Crippen molar-refractivity contribution in [2.45, 2.75) is 53.1 Å². The van der Waals surface area contributed by atoms with E-state index in [1.54, 1.807) is 0 Å². The minimum atomic E-state index is 0.285. The number of halogens is 1. The highest BCUT2D eigenvalue weighted by atomic mass is 79.9. The van der Waals surface area contributed by atoms with Gasteiger partial charge in [-0.25, -0.2) is 0 Å². The molecule has 2 atom stereocenters. The molecule has 3 heteroatoms. The van der Waals surface area contributed by atoms with Gasteiger partial charge in [-0.1, -0.05) is 39.8 Å². The highest BCUT2D eigenvalue weighted by Crippen LogP contribution is 2.34. The monoisotopic (exact) mass is 338 g/mol. The lowest BCUT2D eigenvalue weighted by atomic mass is 9.84. The van der Waals surface area contributed by atoms with Crippen LogP contribution in [-0.4, -0.2) is 25.2 Å². The number of rotatable bonds is 2. The van der Waals surface area contributed by atoms with E-state index in [-0.39, 0.29) is 5.41 Å². The lowest BCUT2D eigenvalue weighted by Gasteiger charge is -2.46. The molecule has 0 bridgehead atoms. The molecule has 1 aromatic rings. The SMILES string of the molecule is CCC1CNC(C(C)(C)C)CN1c1cccc(C)c1Br. The van der Waals surface area contributed by atoms with Gasteiger partial charge in [0.1, 0.15) is 0 Å². The molecule has 0 radical (unpaired) electrons. The Balaban J connectivity index is 2.32. The number of benzene rings is 1. The predicted molar refractivity (Wildman–Crippen MR) is 91.5 cm³/mol. The van der Waals surface area contributed by atoms with Gasteiger partial charge in [-0.15, -0.1) is 0 Å². The third kappa shape index (κ3) is 3.20. The Hall–Kier alpha value is -0.540. The van der Waals surface area contributed by atoms with Gasteiger partial charge in [-0.05, 0) is 46.3 Å². The van der Waals surface area contributed by atoms with Gasteiger partial charge in [0.05, 0.1) is 5.69 Å². The third-order valence-electron chi connectivity index (χ3n) is 4.42. The van der Waals surface area contributed by atoms with E-state index in [0.29, 0.717) is 12.1 Å². The summed E-state index contributed by atoms with van der Waals surface area (Å²) in [7, 11) is 0. The number of hydrogen-bond donors (Lipinski definition) is 1. The zero-order chi connectivity index (χ0) is 14.9. The van der Waals surface area contributed by atoms with E-state index in [2.05, 4.69) is 79.0 Å². The van der Waals surface area contributed by atoms with Crippen LogP contribution >= 0.6 is 15.9 Å². The van der Waals surface area contributed by atoms with Crippen molar-refractivity contribution in [3.8, 4) is 0 Å². The number of anilines is 1. The number of aryl methyl sites for hydroxylation is 1. The van der Waals surface area contributed by atoms with Crippen molar-refractivity contribution in [3.63, 3.8) is 0 Å². The molecule has 2 unspecified atom stereocenters. The Morgan fingerprint density at radius 2 is 2.05 bits per heavy atom. The van der Waals surface area contributed by atoms with Crippen LogP contribution in [0.25, 0.3) is 0 Å². The normalized spacial score (nSPS) is 24.0. The molecule has 1 aliphatic rings. The first-order chi connectivity index (χ1) is 9.34. The summed E-state index contributed by atoms with van der Waals surface area (Å²) < 4.78 is 1.24. The van der Waals surface area contributed by atoms with Gasteiger partial charge in [-0.3, -0.25) is 0 Å². The van der Waals surface area contributed by atoms with Gasteiger partial charge in [0.15, 0.2) is 0 Å². The van der Waals surface area contributed by atoms with E-state index >= 15 is 0 Å². The lowest BCUT2D eigenvalue weighted by Crippen LogP contribution is -2.60.